The van der Waals surface area contributed by atoms with Crippen LogP contribution < -0.4 is 0 Å². The predicted molar refractivity (Wildman–Crippen MR) is 99.3 cm³/mol. The molecule has 134 valence electrons. The molecule has 0 aromatic rings. The van der Waals surface area contributed by atoms with Gasteiger partial charge >= 0.3 is 0 Å². The van der Waals surface area contributed by atoms with Crippen LogP contribution in [0.4, 0.5) is 0 Å². The fourth-order valence-electron chi connectivity index (χ4n) is 6.97. The molecule has 0 radical (unpaired) electrons. The minimum absolute atomic E-state index is 0.823. The second-order valence-electron chi connectivity index (χ2n) is 9.81. The zero-order valence-electron chi connectivity index (χ0n) is 16.5. The molecule has 23 heavy (non-hydrogen) atoms. The number of nitrogens with zero attached hydrogens (tertiary/aromatic N) is 2. The fraction of sp³-hybridized carbons (Fsp3) is 1.00. The Bertz CT molecular complexity index is 335. The van der Waals surface area contributed by atoms with Gasteiger partial charge in [-0.25, -0.2) is 0 Å². The molecule has 2 aliphatic carbocycles. The minimum Gasteiger partial charge on any atom is -0.286 e. The topological polar surface area (TPSA) is 6.48 Å². The first kappa shape index (κ1) is 17.7. The van der Waals surface area contributed by atoms with E-state index in [2.05, 4.69) is 51.3 Å². The molecule has 1 heterocycles. The molecular formula is C21H40N2. The van der Waals surface area contributed by atoms with E-state index in [0.717, 1.165) is 47.6 Å². The Labute approximate surface area is 145 Å². The van der Waals surface area contributed by atoms with Gasteiger partial charge in [0.1, 0.15) is 0 Å². The Morgan fingerprint density at radius 1 is 0.522 bits per heavy atom. The van der Waals surface area contributed by atoms with Gasteiger partial charge in [0.25, 0.3) is 0 Å². The van der Waals surface area contributed by atoms with E-state index in [-0.39, 0.29) is 0 Å². The van der Waals surface area contributed by atoms with Crippen molar-refractivity contribution in [2.75, 3.05) is 19.8 Å². The molecule has 0 amide bonds. The zero-order valence-corrected chi connectivity index (χ0v) is 16.5. The molecule has 2 saturated carbocycles. The summed E-state index contributed by atoms with van der Waals surface area (Å²) in [5.74, 6) is 5.33. The number of hydrogen-bond donors (Lipinski definition) is 0. The van der Waals surface area contributed by atoms with E-state index in [1.54, 1.807) is 0 Å². The number of rotatable bonds is 2. The van der Waals surface area contributed by atoms with Gasteiger partial charge in [0, 0.05) is 25.2 Å². The van der Waals surface area contributed by atoms with Gasteiger partial charge in [-0.15, -0.1) is 0 Å². The van der Waals surface area contributed by atoms with Gasteiger partial charge in [0.2, 0.25) is 0 Å². The first-order chi connectivity index (χ1) is 10.9. The highest BCUT2D eigenvalue weighted by Crippen LogP contribution is 2.40. The Morgan fingerprint density at radius 2 is 0.826 bits per heavy atom. The van der Waals surface area contributed by atoms with Gasteiger partial charge in [-0.1, -0.05) is 41.5 Å². The van der Waals surface area contributed by atoms with E-state index < -0.39 is 0 Å². The smallest absolute Gasteiger partial charge is 0.0513 e. The molecule has 0 N–H and O–H groups in total. The van der Waals surface area contributed by atoms with Crippen LogP contribution >= 0.6 is 0 Å². The fourth-order valence-corrected chi connectivity index (χ4v) is 6.97. The van der Waals surface area contributed by atoms with E-state index in [4.69, 9.17) is 0 Å². The van der Waals surface area contributed by atoms with Gasteiger partial charge in [0.05, 0.1) is 6.67 Å². The minimum atomic E-state index is 0.823. The highest BCUT2D eigenvalue weighted by Gasteiger charge is 2.42. The molecule has 0 bridgehead atoms. The quantitative estimate of drug-likeness (QED) is 0.727. The standard InChI is InChI=1S/C21H40N2/c1-14-9-16(3)20(17(4)10-14)22-7-8-23(13-22)21-18(5)11-15(2)12-19(21)6/h14-21H,7-13H2,1-6H3/t14?,15?,16-,17-,18+,19+,20?,21?. The van der Waals surface area contributed by atoms with Gasteiger partial charge in [-0.05, 0) is 61.2 Å². The van der Waals surface area contributed by atoms with Crippen molar-refractivity contribution in [2.24, 2.45) is 35.5 Å². The highest BCUT2D eigenvalue weighted by molar-refractivity contribution is 4.94. The Balaban J connectivity index is 1.64. The Hall–Kier alpha value is -0.0800. The van der Waals surface area contributed by atoms with Crippen LogP contribution in [-0.2, 0) is 0 Å². The van der Waals surface area contributed by atoms with Gasteiger partial charge in [-0.2, -0.15) is 0 Å². The molecule has 1 aliphatic heterocycles. The molecule has 1 saturated heterocycles. The lowest BCUT2D eigenvalue weighted by atomic mass is 9.73. The van der Waals surface area contributed by atoms with Crippen LogP contribution in [0.2, 0.25) is 0 Å². The summed E-state index contributed by atoms with van der Waals surface area (Å²) in [6.07, 6.45) is 5.72. The SMILES string of the molecule is CC1C[C@@H](C)C(N2CCN(C3[C@@H](C)CC(C)C[C@@H]3C)C2)[C@H](C)C1. The summed E-state index contributed by atoms with van der Waals surface area (Å²) < 4.78 is 0. The second-order valence-corrected chi connectivity index (χ2v) is 9.81. The third-order valence-electron chi connectivity index (χ3n) is 7.31. The van der Waals surface area contributed by atoms with Crippen LogP contribution in [0.3, 0.4) is 0 Å². The van der Waals surface area contributed by atoms with Crippen LogP contribution in [0.15, 0.2) is 0 Å². The summed E-state index contributed by atoms with van der Waals surface area (Å²) in [6, 6.07) is 1.65. The summed E-state index contributed by atoms with van der Waals surface area (Å²) in [7, 11) is 0. The summed E-state index contributed by atoms with van der Waals surface area (Å²) in [5.41, 5.74) is 0. The summed E-state index contributed by atoms with van der Waals surface area (Å²) in [4.78, 5) is 5.69. The van der Waals surface area contributed by atoms with E-state index in [9.17, 15) is 0 Å². The van der Waals surface area contributed by atoms with Crippen LogP contribution in [0.1, 0.15) is 67.2 Å². The van der Waals surface area contributed by atoms with Crippen LogP contribution in [0.25, 0.3) is 0 Å². The van der Waals surface area contributed by atoms with Crippen molar-refractivity contribution in [2.45, 2.75) is 79.3 Å². The largest absolute Gasteiger partial charge is 0.286 e. The monoisotopic (exact) mass is 320 g/mol. The van der Waals surface area contributed by atoms with Crippen molar-refractivity contribution < 1.29 is 0 Å². The molecule has 2 nitrogen and oxygen atoms in total. The average Bonchev–Trinajstić information content (AvgIpc) is 2.85. The van der Waals surface area contributed by atoms with Crippen molar-refractivity contribution in [3.8, 4) is 0 Å². The van der Waals surface area contributed by atoms with Crippen molar-refractivity contribution in [3.63, 3.8) is 0 Å². The molecule has 3 rings (SSSR count). The molecular weight excluding hydrogens is 280 g/mol. The van der Waals surface area contributed by atoms with E-state index in [1.165, 1.54) is 45.4 Å². The molecule has 4 atom stereocenters. The van der Waals surface area contributed by atoms with Crippen molar-refractivity contribution in [1.29, 1.82) is 0 Å². The maximum Gasteiger partial charge on any atom is 0.0513 e. The first-order valence-electron chi connectivity index (χ1n) is 10.3. The van der Waals surface area contributed by atoms with Crippen LogP contribution in [-0.4, -0.2) is 41.6 Å². The average molecular weight is 321 g/mol. The first-order valence-corrected chi connectivity index (χ1v) is 10.3. The van der Waals surface area contributed by atoms with Crippen LogP contribution in [0, 0.1) is 35.5 Å². The Kier molecular flexibility index (Phi) is 5.43. The second kappa shape index (κ2) is 7.04. The van der Waals surface area contributed by atoms with E-state index in [1.807, 2.05) is 0 Å². The molecule has 0 aromatic carbocycles. The maximum absolute atomic E-state index is 2.85. The van der Waals surface area contributed by atoms with Crippen molar-refractivity contribution in [1.82, 2.24) is 9.80 Å². The van der Waals surface area contributed by atoms with Crippen LogP contribution in [0.5, 0.6) is 0 Å². The van der Waals surface area contributed by atoms with Crippen molar-refractivity contribution in [3.05, 3.63) is 0 Å². The normalized spacial score (nSPS) is 50.3. The lowest BCUT2D eigenvalue weighted by Crippen LogP contribution is -2.50. The molecule has 0 unspecified atom stereocenters. The third kappa shape index (κ3) is 3.63. The summed E-state index contributed by atoms with van der Waals surface area (Å²) in [6.45, 7) is 18.8. The lowest BCUT2D eigenvalue weighted by Gasteiger charge is -2.45. The molecule has 2 heteroatoms. The third-order valence-corrected chi connectivity index (χ3v) is 7.31. The Morgan fingerprint density at radius 3 is 1.13 bits per heavy atom. The van der Waals surface area contributed by atoms with E-state index in [0.29, 0.717) is 0 Å². The number of hydrogen-bond acceptors (Lipinski definition) is 2. The molecule has 0 aromatic heterocycles. The van der Waals surface area contributed by atoms with Gasteiger partial charge in [-0.3, -0.25) is 9.80 Å². The lowest BCUT2D eigenvalue weighted by molar-refractivity contribution is 0.0206. The van der Waals surface area contributed by atoms with Crippen molar-refractivity contribution >= 4 is 0 Å². The maximum atomic E-state index is 2.85. The highest BCUT2D eigenvalue weighted by atomic mass is 15.4. The summed E-state index contributed by atoms with van der Waals surface area (Å²) >= 11 is 0. The van der Waals surface area contributed by atoms with Gasteiger partial charge < -0.3 is 0 Å². The van der Waals surface area contributed by atoms with E-state index >= 15 is 0 Å². The predicted octanol–water partition coefficient (Wildman–Crippen LogP) is 4.70. The molecule has 3 aliphatic rings. The van der Waals surface area contributed by atoms with Gasteiger partial charge in [0.15, 0.2) is 0 Å². The zero-order chi connectivity index (χ0) is 16.7. The molecule has 3 fully saturated rings. The molecule has 0 spiro atoms. The summed E-state index contributed by atoms with van der Waals surface area (Å²) in [5, 5.41) is 0.